The van der Waals surface area contributed by atoms with Crippen LogP contribution >= 0.6 is 43.5 Å². The number of alkyl halides is 1. The van der Waals surface area contributed by atoms with Gasteiger partial charge in [0.15, 0.2) is 0 Å². The predicted octanol–water partition coefficient (Wildman–Crippen LogP) is 4.64. The molecular formula is C12H15Br2ClN2. The minimum atomic E-state index is 0.625. The third-order valence-corrected chi connectivity index (χ3v) is 4.38. The Morgan fingerprint density at radius 3 is 2.76 bits per heavy atom. The zero-order chi connectivity index (χ0) is 12.3. The maximum Gasteiger partial charge on any atom is 0.147 e. The van der Waals surface area contributed by atoms with Crippen molar-refractivity contribution in [1.29, 1.82) is 0 Å². The highest BCUT2D eigenvalue weighted by molar-refractivity contribution is 9.10. The van der Waals surface area contributed by atoms with E-state index in [1.54, 1.807) is 0 Å². The molecule has 0 amide bonds. The van der Waals surface area contributed by atoms with Crippen LogP contribution in [0.3, 0.4) is 0 Å². The summed E-state index contributed by atoms with van der Waals surface area (Å²) in [5.41, 5.74) is 0. The van der Waals surface area contributed by atoms with Gasteiger partial charge in [0.1, 0.15) is 5.82 Å². The van der Waals surface area contributed by atoms with Crippen molar-refractivity contribution >= 4 is 49.3 Å². The quantitative estimate of drug-likeness (QED) is 0.690. The molecule has 1 aromatic heterocycles. The van der Waals surface area contributed by atoms with Gasteiger partial charge in [-0.05, 0) is 47.7 Å². The predicted molar refractivity (Wildman–Crippen MR) is 80.3 cm³/mol. The third kappa shape index (κ3) is 3.36. The molecule has 0 N–H and O–H groups in total. The van der Waals surface area contributed by atoms with Crippen LogP contribution in [0.2, 0.25) is 5.02 Å². The molecule has 0 saturated heterocycles. The van der Waals surface area contributed by atoms with Crippen LogP contribution < -0.4 is 4.90 Å². The topological polar surface area (TPSA) is 16.1 Å². The van der Waals surface area contributed by atoms with E-state index in [2.05, 4.69) is 41.7 Å². The van der Waals surface area contributed by atoms with Gasteiger partial charge in [-0.25, -0.2) is 4.98 Å². The lowest BCUT2D eigenvalue weighted by atomic mass is 9.91. The summed E-state index contributed by atoms with van der Waals surface area (Å²) in [6.45, 7) is 1.02. The fourth-order valence-electron chi connectivity index (χ4n) is 2.01. The number of anilines is 1. The molecule has 1 fully saturated rings. The minimum Gasteiger partial charge on any atom is -0.352 e. The van der Waals surface area contributed by atoms with Gasteiger partial charge in [0.2, 0.25) is 0 Å². The zero-order valence-electron chi connectivity index (χ0n) is 9.50. The van der Waals surface area contributed by atoms with Gasteiger partial charge in [-0.3, -0.25) is 0 Å². The molecule has 0 atom stereocenters. The van der Waals surface area contributed by atoms with Crippen LogP contribution in [0.5, 0.6) is 0 Å². The Morgan fingerprint density at radius 1 is 1.47 bits per heavy atom. The number of nitrogens with zero attached hydrogens (tertiary/aromatic N) is 2. The molecule has 1 saturated carbocycles. The van der Waals surface area contributed by atoms with E-state index in [0.29, 0.717) is 6.04 Å². The van der Waals surface area contributed by atoms with Crippen LogP contribution in [0.4, 0.5) is 5.82 Å². The first-order chi connectivity index (χ1) is 8.22. The van der Waals surface area contributed by atoms with Gasteiger partial charge in [-0.1, -0.05) is 27.5 Å². The summed E-state index contributed by atoms with van der Waals surface area (Å²) in [7, 11) is 0. The first-order valence-electron chi connectivity index (χ1n) is 5.86. The Labute approximate surface area is 124 Å². The van der Waals surface area contributed by atoms with E-state index in [-0.39, 0.29) is 0 Å². The van der Waals surface area contributed by atoms with Crippen molar-refractivity contribution in [1.82, 2.24) is 4.98 Å². The second-order valence-electron chi connectivity index (χ2n) is 4.28. The van der Waals surface area contributed by atoms with Gasteiger partial charge in [-0.2, -0.15) is 0 Å². The normalized spacial score (nSPS) is 15.7. The third-order valence-electron chi connectivity index (χ3n) is 3.11. The molecule has 5 heteroatoms. The van der Waals surface area contributed by atoms with Gasteiger partial charge in [0, 0.05) is 28.6 Å². The molecule has 1 aliphatic carbocycles. The van der Waals surface area contributed by atoms with Crippen LogP contribution in [-0.2, 0) is 0 Å². The van der Waals surface area contributed by atoms with Crippen LogP contribution in [-0.4, -0.2) is 22.9 Å². The van der Waals surface area contributed by atoms with E-state index >= 15 is 0 Å². The lowest BCUT2D eigenvalue weighted by Gasteiger charge is -2.38. The number of hydrogen-bond donors (Lipinski definition) is 0. The number of aromatic nitrogens is 1. The second-order valence-corrected chi connectivity index (χ2v) is 6.40. The standard InChI is InChI=1S/C12H15Br2ClN2/c13-5-2-6-17(10-3-1-4-10)12-11(15)7-9(14)8-16-12/h7-8,10H,1-6H2. The highest BCUT2D eigenvalue weighted by Crippen LogP contribution is 2.33. The molecule has 0 aliphatic heterocycles. The molecule has 1 heterocycles. The van der Waals surface area contributed by atoms with Crippen LogP contribution in [0.25, 0.3) is 0 Å². The monoisotopic (exact) mass is 380 g/mol. The first kappa shape index (κ1) is 13.6. The number of pyridine rings is 1. The molecule has 0 aromatic carbocycles. The highest BCUT2D eigenvalue weighted by Gasteiger charge is 2.26. The first-order valence-corrected chi connectivity index (χ1v) is 8.15. The van der Waals surface area contributed by atoms with E-state index in [0.717, 1.165) is 33.6 Å². The van der Waals surface area contributed by atoms with Gasteiger partial charge in [-0.15, -0.1) is 0 Å². The Hall–Kier alpha value is 0.200. The molecule has 0 bridgehead atoms. The summed E-state index contributed by atoms with van der Waals surface area (Å²) in [6.07, 6.45) is 6.78. The molecular weight excluding hydrogens is 367 g/mol. The van der Waals surface area contributed by atoms with Crippen molar-refractivity contribution in [2.24, 2.45) is 0 Å². The molecule has 94 valence electrons. The number of rotatable bonds is 5. The van der Waals surface area contributed by atoms with Gasteiger partial charge < -0.3 is 4.90 Å². The van der Waals surface area contributed by atoms with E-state index in [1.165, 1.54) is 19.3 Å². The number of hydrogen-bond acceptors (Lipinski definition) is 2. The zero-order valence-corrected chi connectivity index (χ0v) is 13.4. The maximum absolute atomic E-state index is 6.28. The van der Waals surface area contributed by atoms with Crippen molar-refractivity contribution < 1.29 is 0 Å². The summed E-state index contributed by atoms with van der Waals surface area (Å²) < 4.78 is 0.931. The van der Waals surface area contributed by atoms with Crippen molar-refractivity contribution in [3.8, 4) is 0 Å². The average Bonchev–Trinajstić information content (AvgIpc) is 2.22. The van der Waals surface area contributed by atoms with Gasteiger partial charge in [0.25, 0.3) is 0 Å². The maximum atomic E-state index is 6.28. The van der Waals surface area contributed by atoms with Crippen molar-refractivity contribution in [3.05, 3.63) is 21.8 Å². The Morgan fingerprint density at radius 2 is 2.24 bits per heavy atom. The Kier molecular flexibility index (Phi) is 5.12. The lowest BCUT2D eigenvalue weighted by Crippen LogP contribution is -2.41. The summed E-state index contributed by atoms with van der Waals surface area (Å²) in [6, 6.07) is 2.55. The van der Waals surface area contributed by atoms with Crippen molar-refractivity contribution in [3.63, 3.8) is 0 Å². The number of halogens is 3. The van der Waals surface area contributed by atoms with E-state index in [1.807, 2.05) is 12.3 Å². The molecule has 2 nitrogen and oxygen atoms in total. The molecule has 0 spiro atoms. The molecule has 2 rings (SSSR count). The van der Waals surface area contributed by atoms with E-state index in [4.69, 9.17) is 11.6 Å². The van der Waals surface area contributed by atoms with Crippen molar-refractivity contribution in [2.45, 2.75) is 31.7 Å². The molecule has 17 heavy (non-hydrogen) atoms. The largest absolute Gasteiger partial charge is 0.352 e. The van der Waals surface area contributed by atoms with Crippen LogP contribution in [0.1, 0.15) is 25.7 Å². The lowest BCUT2D eigenvalue weighted by molar-refractivity contribution is 0.384. The summed E-state index contributed by atoms with van der Waals surface area (Å²) in [5, 5.41) is 1.76. The van der Waals surface area contributed by atoms with Crippen molar-refractivity contribution in [2.75, 3.05) is 16.8 Å². The second kappa shape index (κ2) is 6.39. The fourth-order valence-corrected chi connectivity index (χ4v) is 3.00. The van der Waals surface area contributed by atoms with Crippen LogP contribution in [0, 0.1) is 0 Å². The van der Waals surface area contributed by atoms with Gasteiger partial charge >= 0.3 is 0 Å². The van der Waals surface area contributed by atoms with Gasteiger partial charge in [0.05, 0.1) is 5.02 Å². The summed E-state index contributed by atoms with van der Waals surface area (Å²) >= 11 is 13.2. The van der Waals surface area contributed by atoms with Crippen LogP contribution in [0.15, 0.2) is 16.7 Å². The SMILES string of the molecule is Clc1cc(Br)cnc1N(CCCBr)C1CCC1. The minimum absolute atomic E-state index is 0.625. The highest BCUT2D eigenvalue weighted by atomic mass is 79.9. The van der Waals surface area contributed by atoms with E-state index in [9.17, 15) is 0 Å². The molecule has 0 radical (unpaired) electrons. The van der Waals surface area contributed by atoms with E-state index < -0.39 is 0 Å². The fraction of sp³-hybridized carbons (Fsp3) is 0.583. The Bertz CT molecular complexity index is 383. The molecule has 1 aliphatic rings. The average molecular weight is 383 g/mol. The smallest absolute Gasteiger partial charge is 0.147 e. The Balaban J connectivity index is 2.17. The molecule has 1 aromatic rings. The molecule has 0 unspecified atom stereocenters. The summed E-state index contributed by atoms with van der Waals surface area (Å²) in [5.74, 6) is 0.931. The summed E-state index contributed by atoms with van der Waals surface area (Å²) in [4.78, 5) is 6.83.